The standard InChI is InChI=1S/C23H24N6O2S/c1-14(30)31-18-6-9-29(10-7-18)20-5-4-17(12-15(20)13-24)26-23-27-19-8-11-32-21(19)22(28-23)25-16-2-3-16/h4-5,8,11-12,16,18H,2-3,6-7,9-10H2,1H3,(H2,25,26,27,28). The van der Waals surface area contributed by atoms with E-state index >= 15 is 0 Å². The van der Waals surface area contributed by atoms with Gasteiger partial charge in [0.1, 0.15) is 18.0 Å². The van der Waals surface area contributed by atoms with Gasteiger partial charge in [-0.1, -0.05) is 0 Å². The van der Waals surface area contributed by atoms with Crippen LogP contribution >= 0.6 is 11.3 Å². The van der Waals surface area contributed by atoms with Crippen molar-refractivity contribution in [2.45, 2.75) is 44.8 Å². The quantitative estimate of drug-likeness (QED) is 0.535. The molecule has 5 rings (SSSR count). The van der Waals surface area contributed by atoms with Gasteiger partial charge in [-0.3, -0.25) is 4.79 Å². The van der Waals surface area contributed by atoms with Crippen molar-refractivity contribution in [3.05, 3.63) is 35.2 Å². The van der Waals surface area contributed by atoms with Gasteiger partial charge in [-0.25, -0.2) is 4.98 Å². The Hall–Kier alpha value is -3.38. The smallest absolute Gasteiger partial charge is 0.302 e. The molecule has 8 nitrogen and oxygen atoms in total. The van der Waals surface area contributed by atoms with Gasteiger partial charge in [-0.15, -0.1) is 11.3 Å². The third kappa shape index (κ3) is 4.46. The minimum absolute atomic E-state index is 0.0437. The maximum Gasteiger partial charge on any atom is 0.302 e. The maximum atomic E-state index is 11.2. The van der Waals surface area contributed by atoms with Crippen molar-refractivity contribution in [2.75, 3.05) is 28.6 Å². The van der Waals surface area contributed by atoms with E-state index in [-0.39, 0.29) is 12.1 Å². The molecular formula is C23H24N6O2S. The van der Waals surface area contributed by atoms with E-state index in [2.05, 4.69) is 26.6 Å². The van der Waals surface area contributed by atoms with Crippen molar-refractivity contribution >= 4 is 50.7 Å². The molecular weight excluding hydrogens is 424 g/mol. The first-order valence-electron chi connectivity index (χ1n) is 10.8. The van der Waals surface area contributed by atoms with Crippen LogP contribution < -0.4 is 15.5 Å². The Bertz CT molecular complexity index is 1190. The normalized spacial score (nSPS) is 16.6. The number of piperidine rings is 1. The highest BCUT2D eigenvalue weighted by Crippen LogP contribution is 2.33. The summed E-state index contributed by atoms with van der Waals surface area (Å²) in [5.41, 5.74) is 3.16. The summed E-state index contributed by atoms with van der Waals surface area (Å²) in [6, 6.07) is 10.5. The summed E-state index contributed by atoms with van der Waals surface area (Å²) in [7, 11) is 0. The number of nitriles is 1. The van der Waals surface area contributed by atoms with Crippen LogP contribution in [0.4, 0.5) is 23.1 Å². The number of esters is 1. The van der Waals surface area contributed by atoms with Crippen molar-refractivity contribution in [1.29, 1.82) is 5.26 Å². The van der Waals surface area contributed by atoms with Crippen LogP contribution in [0, 0.1) is 11.3 Å². The molecule has 9 heteroatoms. The number of aromatic nitrogens is 2. The third-order valence-electron chi connectivity index (χ3n) is 5.71. The zero-order chi connectivity index (χ0) is 22.1. The van der Waals surface area contributed by atoms with E-state index in [1.807, 2.05) is 29.6 Å². The van der Waals surface area contributed by atoms with Gasteiger partial charge >= 0.3 is 5.97 Å². The van der Waals surface area contributed by atoms with Crippen LogP contribution in [0.2, 0.25) is 0 Å². The van der Waals surface area contributed by atoms with Crippen LogP contribution in [0.25, 0.3) is 10.2 Å². The van der Waals surface area contributed by atoms with Gasteiger partial charge < -0.3 is 20.3 Å². The highest BCUT2D eigenvalue weighted by Gasteiger charge is 2.24. The molecule has 0 unspecified atom stereocenters. The Labute approximate surface area is 190 Å². The summed E-state index contributed by atoms with van der Waals surface area (Å²) in [6.45, 7) is 2.93. The number of carbonyl (C=O) groups is 1. The second kappa shape index (κ2) is 8.63. The number of ether oxygens (including phenoxy) is 1. The Balaban J connectivity index is 1.33. The van der Waals surface area contributed by atoms with E-state index in [9.17, 15) is 10.1 Å². The number of nitrogens with one attached hydrogen (secondary N) is 2. The van der Waals surface area contributed by atoms with E-state index in [0.717, 1.165) is 53.3 Å². The number of benzene rings is 1. The maximum absolute atomic E-state index is 11.2. The summed E-state index contributed by atoms with van der Waals surface area (Å²) >= 11 is 1.63. The van der Waals surface area contributed by atoms with Crippen molar-refractivity contribution in [3.63, 3.8) is 0 Å². The van der Waals surface area contributed by atoms with Crippen LogP contribution in [-0.2, 0) is 9.53 Å². The van der Waals surface area contributed by atoms with Gasteiger partial charge in [0.15, 0.2) is 0 Å². The molecule has 1 saturated heterocycles. The van der Waals surface area contributed by atoms with Crippen molar-refractivity contribution in [1.82, 2.24) is 9.97 Å². The first kappa shape index (κ1) is 20.5. The molecule has 1 aliphatic carbocycles. The van der Waals surface area contributed by atoms with Gasteiger partial charge in [0.05, 0.1) is 21.5 Å². The SMILES string of the molecule is CC(=O)OC1CCN(c2ccc(Nc3nc(NC4CC4)c4sccc4n3)cc2C#N)CC1. The first-order chi connectivity index (χ1) is 15.6. The fraction of sp³-hybridized carbons (Fsp3) is 0.391. The molecule has 1 aliphatic heterocycles. The van der Waals surface area contributed by atoms with Crippen LogP contribution in [0.3, 0.4) is 0 Å². The van der Waals surface area contributed by atoms with Gasteiger partial charge in [-0.05, 0) is 42.5 Å². The lowest BCUT2D eigenvalue weighted by Gasteiger charge is -2.33. The first-order valence-corrected chi connectivity index (χ1v) is 11.7. The Morgan fingerprint density at radius 1 is 1.22 bits per heavy atom. The average Bonchev–Trinajstić information content (AvgIpc) is 3.47. The number of carbonyl (C=O) groups excluding carboxylic acids is 1. The molecule has 0 atom stereocenters. The van der Waals surface area contributed by atoms with Crippen molar-refractivity contribution < 1.29 is 9.53 Å². The van der Waals surface area contributed by atoms with Crippen LogP contribution in [0.5, 0.6) is 0 Å². The molecule has 32 heavy (non-hydrogen) atoms. The van der Waals surface area contributed by atoms with Gasteiger partial charge in [0, 0.05) is 44.6 Å². The monoisotopic (exact) mass is 448 g/mol. The predicted molar refractivity (Wildman–Crippen MR) is 126 cm³/mol. The molecule has 2 fully saturated rings. The number of rotatable bonds is 6. The fourth-order valence-electron chi connectivity index (χ4n) is 4.00. The fourth-order valence-corrected chi connectivity index (χ4v) is 4.78. The second-order valence-corrected chi connectivity index (χ2v) is 9.13. The van der Waals surface area contributed by atoms with Crippen molar-refractivity contribution in [3.8, 4) is 6.07 Å². The minimum Gasteiger partial charge on any atom is -0.462 e. The Morgan fingerprint density at radius 2 is 2.03 bits per heavy atom. The topological polar surface area (TPSA) is 103 Å². The molecule has 0 radical (unpaired) electrons. The highest BCUT2D eigenvalue weighted by molar-refractivity contribution is 7.17. The summed E-state index contributed by atoms with van der Waals surface area (Å²) in [5.74, 6) is 1.13. The molecule has 2 N–H and O–H groups in total. The largest absolute Gasteiger partial charge is 0.462 e. The van der Waals surface area contributed by atoms with E-state index in [4.69, 9.17) is 9.72 Å². The third-order valence-corrected chi connectivity index (χ3v) is 6.62. The van der Waals surface area contributed by atoms with Gasteiger partial charge in [-0.2, -0.15) is 10.2 Å². The van der Waals surface area contributed by atoms with Crippen LogP contribution in [0.15, 0.2) is 29.6 Å². The molecule has 1 saturated carbocycles. The zero-order valence-corrected chi connectivity index (χ0v) is 18.6. The molecule has 164 valence electrons. The summed E-state index contributed by atoms with van der Waals surface area (Å²) in [6.07, 6.45) is 3.82. The molecule has 3 aromatic rings. The molecule has 0 amide bonds. The van der Waals surface area contributed by atoms with Crippen molar-refractivity contribution in [2.24, 2.45) is 0 Å². The number of thiophene rings is 1. The average molecular weight is 449 g/mol. The van der Waals surface area contributed by atoms with E-state index in [0.29, 0.717) is 17.6 Å². The number of nitrogens with zero attached hydrogens (tertiary/aromatic N) is 4. The number of fused-ring (bicyclic) bond motifs is 1. The molecule has 3 heterocycles. The minimum atomic E-state index is -0.241. The van der Waals surface area contributed by atoms with Gasteiger partial charge in [0.2, 0.25) is 5.95 Å². The number of hydrogen-bond donors (Lipinski definition) is 2. The number of anilines is 4. The van der Waals surface area contributed by atoms with E-state index in [1.54, 1.807) is 11.3 Å². The van der Waals surface area contributed by atoms with E-state index in [1.165, 1.54) is 19.8 Å². The molecule has 1 aromatic carbocycles. The molecule has 2 aromatic heterocycles. The lowest BCUT2D eigenvalue weighted by Crippen LogP contribution is -2.38. The second-order valence-electron chi connectivity index (χ2n) is 8.21. The molecule has 0 bridgehead atoms. The summed E-state index contributed by atoms with van der Waals surface area (Å²) < 4.78 is 6.38. The molecule has 0 spiro atoms. The Kier molecular flexibility index (Phi) is 5.53. The lowest BCUT2D eigenvalue weighted by molar-refractivity contribution is -0.147. The Morgan fingerprint density at radius 3 is 2.75 bits per heavy atom. The zero-order valence-electron chi connectivity index (χ0n) is 17.8. The highest BCUT2D eigenvalue weighted by atomic mass is 32.1. The molecule has 2 aliphatic rings. The van der Waals surface area contributed by atoms with Crippen LogP contribution in [-0.4, -0.2) is 41.2 Å². The lowest BCUT2D eigenvalue weighted by atomic mass is 10.0. The summed E-state index contributed by atoms with van der Waals surface area (Å²) in [5, 5.41) is 18.5. The van der Waals surface area contributed by atoms with Gasteiger partial charge in [0.25, 0.3) is 0 Å². The van der Waals surface area contributed by atoms with E-state index < -0.39 is 0 Å². The predicted octanol–water partition coefficient (Wildman–Crippen LogP) is 4.41. The van der Waals surface area contributed by atoms with Crippen LogP contribution in [0.1, 0.15) is 38.2 Å². The number of hydrogen-bond acceptors (Lipinski definition) is 9. The summed E-state index contributed by atoms with van der Waals surface area (Å²) in [4.78, 5) is 22.7.